The van der Waals surface area contributed by atoms with Crippen molar-refractivity contribution in [2.24, 2.45) is 5.92 Å². The van der Waals surface area contributed by atoms with Crippen molar-refractivity contribution in [2.75, 3.05) is 6.54 Å². The molecule has 1 saturated heterocycles. The number of allylic oxidation sites excluding steroid dienone is 1. The molecule has 1 saturated carbocycles. The number of nitrogens with zero attached hydrogens (tertiary/aromatic N) is 5. The van der Waals surface area contributed by atoms with Crippen molar-refractivity contribution in [2.45, 2.75) is 95.0 Å². The molecule has 13 nitrogen and oxygen atoms in total. The number of tetrazole rings is 1. The maximum absolute atomic E-state index is 14.3. The summed E-state index contributed by atoms with van der Waals surface area (Å²) in [5.74, 6) is -2.11. The number of carbonyl (C=O) groups is 4. The van der Waals surface area contributed by atoms with Crippen LogP contribution in [0.2, 0.25) is 0 Å². The van der Waals surface area contributed by atoms with Crippen LogP contribution >= 0.6 is 0 Å². The Morgan fingerprint density at radius 2 is 1.80 bits per heavy atom. The maximum atomic E-state index is 14.3. The van der Waals surface area contributed by atoms with Gasteiger partial charge in [-0.05, 0) is 62.8 Å². The normalized spacial score (nSPS) is 26.3. The van der Waals surface area contributed by atoms with Gasteiger partial charge in [0.25, 0.3) is 0 Å². The van der Waals surface area contributed by atoms with Gasteiger partial charge < -0.3 is 25.4 Å². The zero-order chi connectivity index (χ0) is 36.2. The molecule has 0 spiro atoms. The van der Waals surface area contributed by atoms with Crippen molar-refractivity contribution < 1.29 is 29.0 Å². The van der Waals surface area contributed by atoms with E-state index in [0.717, 1.165) is 36.0 Å². The number of carboxylic acid groups (broad SMARTS) is 1. The lowest BCUT2D eigenvalue weighted by atomic mass is 10.0. The van der Waals surface area contributed by atoms with Crippen LogP contribution in [0.25, 0.3) is 23.5 Å². The summed E-state index contributed by atoms with van der Waals surface area (Å²) in [6.07, 6.45) is 10.9. The molecule has 13 heteroatoms. The molecule has 3 heterocycles. The average Bonchev–Trinajstić information content (AvgIpc) is 3.39. The molecule has 0 bridgehead atoms. The molecule has 3 aliphatic rings. The van der Waals surface area contributed by atoms with Crippen molar-refractivity contribution in [1.29, 1.82) is 0 Å². The zero-order valence-electron chi connectivity index (χ0n) is 29.2. The SMILES string of the molecule is CC(C)(C)OC(=O)N[C@H]1CCCCC/C=C\[C@@H]2C[C@]2(C(=O)O)NC(=O)[C@@H]2C[C@H](n3nnc(-c4ccccc4/C=C/c4ccccc4)n3)CN2C1=O. The quantitative estimate of drug-likeness (QED) is 0.237. The van der Waals surface area contributed by atoms with Crippen LogP contribution in [0.5, 0.6) is 0 Å². The first-order valence-electron chi connectivity index (χ1n) is 17.6. The van der Waals surface area contributed by atoms with Crippen LogP contribution < -0.4 is 10.6 Å². The minimum Gasteiger partial charge on any atom is -0.479 e. The van der Waals surface area contributed by atoms with Gasteiger partial charge in [0.15, 0.2) is 0 Å². The van der Waals surface area contributed by atoms with Crippen LogP contribution in [0.1, 0.15) is 82.9 Å². The van der Waals surface area contributed by atoms with Crippen molar-refractivity contribution in [3.8, 4) is 11.4 Å². The smallest absolute Gasteiger partial charge is 0.408 e. The molecular formula is C38H45N7O6. The van der Waals surface area contributed by atoms with Crippen molar-refractivity contribution >= 4 is 36.0 Å². The third-order valence-electron chi connectivity index (χ3n) is 9.54. The molecule has 6 rings (SSSR count). The molecule has 1 aromatic heterocycles. The third kappa shape index (κ3) is 8.35. The van der Waals surface area contributed by atoms with Crippen LogP contribution in [0.15, 0.2) is 66.7 Å². The van der Waals surface area contributed by atoms with E-state index in [1.807, 2.05) is 78.9 Å². The van der Waals surface area contributed by atoms with Crippen LogP contribution in [-0.2, 0) is 19.1 Å². The Hall–Kier alpha value is -5.33. The highest BCUT2D eigenvalue weighted by Gasteiger charge is 2.61. The van der Waals surface area contributed by atoms with Gasteiger partial charge in [-0.3, -0.25) is 9.59 Å². The molecule has 3 amide bonds. The molecular weight excluding hydrogens is 650 g/mol. The van der Waals surface area contributed by atoms with E-state index in [4.69, 9.17) is 9.84 Å². The highest BCUT2D eigenvalue weighted by Crippen LogP contribution is 2.45. The van der Waals surface area contributed by atoms with E-state index in [9.17, 15) is 24.3 Å². The van der Waals surface area contributed by atoms with Gasteiger partial charge in [-0.1, -0.05) is 91.7 Å². The number of benzene rings is 2. The van der Waals surface area contributed by atoms with Crippen LogP contribution in [-0.4, -0.2) is 83.9 Å². The first kappa shape index (κ1) is 35.5. The molecule has 2 aromatic carbocycles. The average molecular weight is 696 g/mol. The lowest BCUT2D eigenvalue weighted by Crippen LogP contribution is -2.56. The number of alkyl carbamates (subject to hydrolysis) is 1. The molecule has 5 atom stereocenters. The van der Waals surface area contributed by atoms with Gasteiger partial charge in [0.1, 0.15) is 23.2 Å². The van der Waals surface area contributed by atoms with Crippen molar-refractivity contribution in [3.05, 3.63) is 77.9 Å². The van der Waals surface area contributed by atoms with Gasteiger partial charge in [-0.2, -0.15) is 4.80 Å². The zero-order valence-corrected chi connectivity index (χ0v) is 29.2. The summed E-state index contributed by atoms with van der Waals surface area (Å²) in [6, 6.07) is 15.1. The number of ether oxygens (including phenoxy) is 1. The number of aromatic nitrogens is 4. The Morgan fingerprint density at radius 1 is 1.04 bits per heavy atom. The summed E-state index contributed by atoms with van der Waals surface area (Å²) in [4.78, 5) is 56.5. The van der Waals surface area contributed by atoms with E-state index in [-0.39, 0.29) is 25.3 Å². The fourth-order valence-corrected chi connectivity index (χ4v) is 6.78. The fourth-order valence-electron chi connectivity index (χ4n) is 6.78. The molecule has 0 unspecified atom stereocenters. The number of carboxylic acids is 1. The topological polar surface area (TPSA) is 169 Å². The van der Waals surface area contributed by atoms with Crippen molar-refractivity contribution in [1.82, 2.24) is 35.7 Å². The third-order valence-corrected chi connectivity index (χ3v) is 9.54. The maximum Gasteiger partial charge on any atom is 0.408 e. The van der Waals surface area contributed by atoms with Gasteiger partial charge in [-0.25, -0.2) is 9.59 Å². The van der Waals surface area contributed by atoms with Crippen LogP contribution in [0.3, 0.4) is 0 Å². The Kier molecular flexibility index (Phi) is 10.4. The summed E-state index contributed by atoms with van der Waals surface area (Å²) in [6.45, 7) is 5.28. The second kappa shape index (κ2) is 14.9. The number of hydrogen-bond acceptors (Lipinski definition) is 8. The number of carbonyl (C=O) groups excluding carboxylic acids is 3. The number of amides is 3. The van der Waals surface area contributed by atoms with E-state index in [2.05, 4.69) is 20.9 Å². The van der Waals surface area contributed by atoms with Crippen LogP contribution in [0, 0.1) is 5.92 Å². The molecule has 1 aliphatic carbocycles. The Balaban J connectivity index is 1.29. The van der Waals surface area contributed by atoms with Crippen molar-refractivity contribution in [3.63, 3.8) is 0 Å². The minimum atomic E-state index is -1.44. The lowest BCUT2D eigenvalue weighted by molar-refractivity contribution is -0.145. The summed E-state index contributed by atoms with van der Waals surface area (Å²) in [5.41, 5.74) is 0.468. The predicted octanol–water partition coefficient (Wildman–Crippen LogP) is 5.03. The molecule has 51 heavy (non-hydrogen) atoms. The standard InChI is InChI=1S/C38H45N7O6/c1-37(2,3)51-36(50)39-30-19-11-6-4-5-10-17-27-23-38(27,35(48)49)40-33(46)31-22-28(24-44(31)34(30)47)45-42-32(41-43-45)29-18-13-12-16-26(29)21-20-25-14-8-7-9-15-25/h7-10,12-18,20-21,27-28,30-31H,4-6,11,19,22-24H2,1-3H3,(H,39,50)(H,40,46)(H,48,49)/b17-10-,21-20+/t27-,28+,30+,31+,38+/m1/s1. The Labute approximate surface area is 297 Å². The van der Waals surface area contributed by atoms with E-state index in [1.165, 1.54) is 9.70 Å². The summed E-state index contributed by atoms with van der Waals surface area (Å²) < 4.78 is 5.48. The fraction of sp³-hybridized carbons (Fsp3) is 0.447. The van der Waals surface area contributed by atoms with E-state index in [0.29, 0.717) is 18.7 Å². The van der Waals surface area contributed by atoms with Crippen LogP contribution in [0.4, 0.5) is 4.79 Å². The molecule has 0 radical (unpaired) electrons. The highest BCUT2D eigenvalue weighted by atomic mass is 16.6. The van der Waals surface area contributed by atoms with E-state index < -0.39 is 53.1 Å². The van der Waals surface area contributed by atoms with Gasteiger partial charge in [0, 0.05) is 24.4 Å². The van der Waals surface area contributed by atoms with Gasteiger partial charge in [0.05, 0.1) is 6.04 Å². The molecule has 3 N–H and O–H groups in total. The number of aliphatic carboxylic acids is 1. The van der Waals surface area contributed by atoms with Gasteiger partial charge in [-0.15, -0.1) is 10.2 Å². The summed E-state index contributed by atoms with van der Waals surface area (Å²) >= 11 is 0. The van der Waals surface area contributed by atoms with Gasteiger partial charge in [0.2, 0.25) is 17.6 Å². The second-order valence-electron chi connectivity index (χ2n) is 14.5. The monoisotopic (exact) mass is 695 g/mol. The largest absolute Gasteiger partial charge is 0.479 e. The first-order chi connectivity index (χ1) is 24.4. The minimum absolute atomic E-state index is 0.0537. The number of rotatable bonds is 6. The predicted molar refractivity (Wildman–Crippen MR) is 190 cm³/mol. The summed E-state index contributed by atoms with van der Waals surface area (Å²) in [7, 11) is 0. The molecule has 2 aliphatic heterocycles. The Bertz CT molecular complexity index is 1820. The molecule has 268 valence electrons. The van der Waals surface area contributed by atoms with E-state index >= 15 is 0 Å². The number of fused-ring (bicyclic) bond motifs is 2. The molecule has 3 aromatic rings. The first-order valence-corrected chi connectivity index (χ1v) is 17.6. The van der Waals surface area contributed by atoms with Gasteiger partial charge >= 0.3 is 12.1 Å². The number of hydrogen-bond donors (Lipinski definition) is 3. The second-order valence-corrected chi connectivity index (χ2v) is 14.5. The van der Waals surface area contributed by atoms with E-state index in [1.54, 1.807) is 20.8 Å². The summed E-state index contributed by atoms with van der Waals surface area (Å²) in [5, 5.41) is 29.1. The number of nitrogens with one attached hydrogen (secondary N) is 2. The highest BCUT2D eigenvalue weighted by molar-refractivity contribution is 5.96. The Morgan fingerprint density at radius 3 is 2.57 bits per heavy atom. The molecule has 2 fully saturated rings. The lowest BCUT2D eigenvalue weighted by Gasteiger charge is -2.30.